The van der Waals surface area contributed by atoms with E-state index in [0.717, 1.165) is 14.3 Å². The van der Waals surface area contributed by atoms with E-state index < -0.39 is 0 Å². The Kier molecular flexibility index (Phi) is 3.36. The molecule has 0 unspecified atom stereocenters. The first-order valence-corrected chi connectivity index (χ1v) is 8.05. The topological polar surface area (TPSA) is 36.3 Å². The van der Waals surface area contributed by atoms with E-state index in [4.69, 9.17) is 9.31 Å². The van der Waals surface area contributed by atoms with E-state index in [2.05, 4.69) is 21.0 Å². The Balaban J connectivity index is 1.85. The van der Waals surface area contributed by atoms with Gasteiger partial charge in [-0.3, -0.25) is 0 Å². The van der Waals surface area contributed by atoms with Crippen LogP contribution in [0.1, 0.15) is 27.7 Å². The van der Waals surface area contributed by atoms with Crippen LogP contribution in [0.5, 0.6) is 0 Å². The maximum Gasteiger partial charge on any atom is 0.498 e. The first-order valence-electron chi connectivity index (χ1n) is 6.44. The zero-order valence-corrected chi connectivity index (χ0v) is 14.3. The molecule has 3 heterocycles. The van der Waals surface area contributed by atoms with Gasteiger partial charge in [-0.25, -0.2) is 4.68 Å². The van der Waals surface area contributed by atoms with Crippen LogP contribution in [-0.4, -0.2) is 28.1 Å². The third kappa shape index (κ3) is 2.37. The van der Waals surface area contributed by atoms with Crippen LogP contribution in [0.25, 0.3) is 5.00 Å². The van der Waals surface area contributed by atoms with Crippen molar-refractivity contribution in [3.8, 4) is 5.00 Å². The number of halogens is 1. The van der Waals surface area contributed by atoms with Crippen molar-refractivity contribution in [3.63, 3.8) is 0 Å². The summed E-state index contributed by atoms with van der Waals surface area (Å²) in [6.45, 7) is 8.20. The molecule has 0 radical (unpaired) electrons. The summed E-state index contributed by atoms with van der Waals surface area (Å²) < 4.78 is 15.0. The Labute approximate surface area is 131 Å². The van der Waals surface area contributed by atoms with Gasteiger partial charge in [0.2, 0.25) is 0 Å². The number of hydrogen-bond donors (Lipinski definition) is 0. The number of aromatic nitrogens is 2. The van der Waals surface area contributed by atoms with Crippen molar-refractivity contribution in [3.05, 3.63) is 28.3 Å². The second kappa shape index (κ2) is 4.69. The van der Waals surface area contributed by atoms with Crippen LogP contribution >= 0.6 is 27.3 Å². The van der Waals surface area contributed by atoms with Crippen molar-refractivity contribution in [2.75, 3.05) is 0 Å². The lowest BCUT2D eigenvalue weighted by Crippen LogP contribution is -2.41. The zero-order chi connectivity index (χ0) is 14.5. The van der Waals surface area contributed by atoms with Gasteiger partial charge in [0.15, 0.2) is 0 Å². The molecule has 0 aromatic carbocycles. The molecule has 3 rings (SSSR count). The molecule has 2 aromatic rings. The molecule has 20 heavy (non-hydrogen) atoms. The average molecular weight is 355 g/mol. The lowest BCUT2D eigenvalue weighted by Gasteiger charge is -2.32. The summed E-state index contributed by atoms with van der Waals surface area (Å²) in [5.74, 6) is 0. The van der Waals surface area contributed by atoms with Crippen molar-refractivity contribution >= 4 is 39.8 Å². The molecule has 0 atom stereocenters. The van der Waals surface area contributed by atoms with E-state index in [0.29, 0.717) is 0 Å². The van der Waals surface area contributed by atoms with E-state index >= 15 is 0 Å². The fourth-order valence-corrected chi connectivity index (χ4v) is 3.28. The predicted molar refractivity (Wildman–Crippen MR) is 84.9 cm³/mol. The highest BCUT2D eigenvalue weighted by molar-refractivity contribution is 9.11. The van der Waals surface area contributed by atoms with Crippen LogP contribution in [0.3, 0.4) is 0 Å². The highest BCUT2D eigenvalue weighted by Gasteiger charge is 2.52. The standard InChI is InChI=1S/C13H16BBrN2O2S/c1-12(2)13(3,4)19-14(18-12)9-7-16-17(8-9)11-6-5-10(15)20-11/h5-8H,1-4H3. The third-order valence-corrected chi connectivity index (χ3v) is 5.53. The van der Waals surface area contributed by atoms with Gasteiger partial charge in [-0.05, 0) is 55.8 Å². The Morgan fingerprint density at radius 3 is 2.40 bits per heavy atom. The van der Waals surface area contributed by atoms with Crippen LogP contribution in [0, 0.1) is 0 Å². The molecule has 0 aliphatic carbocycles. The Hall–Kier alpha value is -0.625. The SMILES string of the molecule is CC1(C)OB(c2cnn(-c3ccc(Br)s3)c2)OC1(C)C. The van der Waals surface area contributed by atoms with E-state index in [1.54, 1.807) is 17.5 Å². The largest absolute Gasteiger partial charge is 0.498 e. The highest BCUT2D eigenvalue weighted by Crippen LogP contribution is 2.36. The van der Waals surface area contributed by atoms with Crippen LogP contribution in [0.2, 0.25) is 0 Å². The minimum Gasteiger partial charge on any atom is -0.399 e. The molecule has 1 aliphatic rings. The van der Waals surface area contributed by atoms with Crippen molar-refractivity contribution in [2.24, 2.45) is 0 Å². The summed E-state index contributed by atoms with van der Waals surface area (Å²) in [6.07, 6.45) is 3.76. The van der Waals surface area contributed by atoms with Gasteiger partial charge in [0.25, 0.3) is 0 Å². The molecule has 0 spiro atoms. The van der Waals surface area contributed by atoms with Crippen LogP contribution in [-0.2, 0) is 9.31 Å². The van der Waals surface area contributed by atoms with Crippen LogP contribution in [0.15, 0.2) is 28.3 Å². The Morgan fingerprint density at radius 2 is 1.85 bits per heavy atom. The van der Waals surface area contributed by atoms with Gasteiger partial charge >= 0.3 is 7.12 Å². The normalized spacial score (nSPS) is 20.6. The van der Waals surface area contributed by atoms with E-state index in [1.807, 2.05) is 50.7 Å². The van der Waals surface area contributed by atoms with Gasteiger partial charge in [0, 0.05) is 17.9 Å². The van der Waals surface area contributed by atoms with Crippen molar-refractivity contribution in [2.45, 2.75) is 38.9 Å². The zero-order valence-electron chi connectivity index (χ0n) is 11.9. The first kappa shape index (κ1) is 14.3. The number of thiophene rings is 1. The van der Waals surface area contributed by atoms with Crippen LogP contribution < -0.4 is 5.46 Å². The summed E-state index contributed by atoms with van der Waals surface area (Å²) in [5.41, 5.74) is 0.283. The minimum atomic E-state index is -0.364. The maximum atomic E-state index is 6.02. The smallest absolute Gasteiger partial charge is 0.399 e. The van der Waals surface area contributed by atoms with Gasteiger partial charge in [-0.1, -0.05) is 0 Å². The summed E-state index contributed by atoms with van der Waals surface area (Å²) in [5, 5.41) is 5.44. The van der Waals surface area contributed by atoms with Crippen molar-refractivity contribution in [1.29, 1.82) is 0 Å². The highest BCUT2D eigenvalue weighted by atomic mass is 79.9. The summed E-state index contributed by atoms with van der Waals surface area (Å²) in [6, 6.07) is 4.03. The summed E-state index contributed by atoms with van der Waals surface area (Å²) >= 11 is 5.09. The Morgan fingerprint density at radius 1 is 1.20 bits per heavy atom. The molecular formula is C13H16BBrN2O2S. The fraction of sp³-hybridized carbons (Fsp3) is 0.462. The average Bonchev–Trinajstić information content (AvgIpc) is 2.98. The molecule has 0 amide bonds. The van der Waals surface area contributed by atoms with Gasteiger partial charge in [0.1, 0.15) is 5.00 Å². The molecule has 1 saturated heterocycles. The van der Waals surface area contributed by atoms with Crippen molar-refractivity contribution in [1.82, 2.24) is 9.78 Å². The molecule has 106 valence electrons. The van der Waals surface area contributed by atoms with E-state index in [9.17, 15) is 0 Å². The predicted octanol–water partition coefficient (Wildman–Crippen LogP) is 3.00. The monoisotopic (exact) mass is 354 g/mol. The van der Waals surface area contributed by atoms with Crippen LogP contribution in [0.4, 0.5) is 0 Å². The number of rotatable bonds is 2. The summed E-state index contributed by atoms with van der Waals surface area (Å²) in [4.78, 5) is 0. The fourth-order valence-electron chi connectivity index (χ4n) is 1.99. The third-order valence-electron chi connectivity index (χ3n) is 3.91. The lowest BCUT2D eigenvalue weighted by molar-refractivity contribution is 0.00578. The van der Waals surface area contributed by atoms with E-state index in [1.165, 1.54) is 0 Å². The van der Waals surface area contributed by atoms with E-state index in [-0.39, 0.29) is 18.3 Å². The molecule has 2 aromatic heterocycles. The second-order valence-corrected chi connectivity index (χ2v) is 8.33. The molecule has 0 saturated carbocycles. The number of hydrogen-bond acceptors (Lipinski definition) is 4. The van der Waals surface area contributed by atoms with Gasteiger partial charge < -0.3 is 9.31 Å². The maximum absolute atomic E-state index is 6.02. The molecule has 1 fully saturated rings. The Bertz CT molecular complexity index is 622. The molecule has 4 nitrogen and oxygen atoms in total. The second-order valence-electron chi connectivity index (χ2n) is 5.88. The number of nitrogens with zero attached hydrogens (tertiary/aromatic N) is 2. The van der Waals surface area contributed by atoms with Gasteiger partial charge in [-0.15, -0.1) is 11.3 Å². The molecule has 7 heteroatoms. The van der Waals surface area contributed by atoms with Gasteiger partial charge in [-0.2, -0.15) is 5.10 Å². The molecule has 1 aliphatic heterocycles. The molecule has 0 N–H and O–H groups in total. The minimum absolute atomic E-state index is 0.328. The molecular weight excluding hydrogens is 339 g/mol. The summed E-state index contributed by atoms with van der Waals surface area (Å²) in [7, 11) is -0.364. The lowest BCUT2D eigenvalue weighted by atomic mass is 9.82. The quantitative estimate of drug-likeness (QED) is 0.778. The van der Waals surface area contributed by atoms with Crippen molar-refractivity contribution < 1.29 is 9.31 Å². The molecule has 0 bridgehead atoms. The van der Waals surface area contributed by atoms with Gasteiger partial charge in [0.05, 0.1) is 15.0 Å². The first-order chi connectivity index (χ1) is 9.28.